The van der Waals surface area contributed by atoms with Gasteiger partial charge in [-0.3, -0.25) is 0 Å². The van der Waals surface area contributed by atoms with E-state index in [9.17, 15) is 9.50 Å². The third-order valence-electron chi connectivity index (χ3n) is 7.80. The number of fused-ring (bicyclic) bond motifs is 2. The number of nitrogens with zero attached hydrogens (tertiary/aromatic N) is 3. The van der Waals surface area contributed by atoms with Crippen molar-refractivity contribution in [3.05, 3.63) is 108 Å². The first kappa shape index (κ1) is 25.5. The molecule has 6 heteroatoms. The van der Waals surface area contributed by atoms with Gasteiger partial charge in [0.25, 0.3) is 0 Å². The maximum atomic E-state index is 13.4. The zero-order chi connectivity index (χ0) is 26.6. The van der Waals surface area contributed by atoms with Crippen LogP contribution in [0.25, 0.3) is 21.8 Å². The maximum Gasteiger partial charge on any atom is 0.123 e. The summed E-state index contributed by atoms with van der Waals surface area (Å²) in [5, 5.41) is 13.0. The second-order valence-corrected chi connectivity index (χ2v) is 10.7. The monoisotopic (exact) mass is 523 g/mol. The zero-order valence-electron chi connectivity index (χ0n) is 22.0. The van der Waals surface area contributed by atoms with Gasteiger partial charge in [-0.1, -0.05) is 54.6 Å². The number of imidazole rings is 1. The minimum atomic E-state index is -0.534. The molecule has 1 unspecified atom stereocenters. The van der Waals surface area contributed by atoms with Gasteiger partial charge in [0.05, 0.1) is 11.0 Å². The van der Waals surface area contributed by atoms with Gasteiger partial charge in [0.1, 0.15) is 30.1 Å². The van der Waals surface area contributed by atoms with Crippen LogP contribution in [0.4, 0.5) is 4.39 Å². The Hall–Kier alpha value is -3.74. The second kappa shape index (κ2) is 11.6. The number of piperidine rings is 1. The van der Waals surface area contributed by atoms with E-state index < -0.39 is 6.10 Å². The number of para-hydroxylation sites is 2. The number of likely N-dealkylation sites (tertiary alicyclic amines) is 1. The number of ether oxygens (including phenoxy) is 1. The average Bonchev–Trinajstić information content (AvgIpc) is 3.30. The largest absolute Gasteiger partial charge is 0.491 e. The van der Waals surface area contributed by atoms with Crippen LogP contribution >= 0.6 is 0 Å². The van der Waals surface area contributed by atoms with Crippen LogP contribution in [0.15, 0.2) is 91.0 Å². The van der Waals surface area contributed by atoms with E-state index in [1.165, 1.54) is 17.5 Å². The summed E-state index contributed by atoms with van der Waals surface area (Å²) in [7, 11) is 0. The number of halogens is 1. The number of aliphatic hydroxyl groups is 1. The molecule has 1 aliphatic heterocycles. The Kier molecular flexibility index (Phi) is 7.57. The van der Waals surface area contributed by atoms with Crippen molar-refractivity contribution in [3.63, 3.8) is 0 Å². The van der Waals surface area contributed by atoms with E-state index >= 15 is 0 Å². The molecule has 6 rings (SSSR count). The highest BCUT2D eigenvalue weighted by molar-refractivity contribution is 5.83. The Balaban J connectivity index is 1.03. The van der Waals surface area contributed by atoms with Gasteiger partial charge >= 0.3 is 0 Å². The first-order valence-corrected chi connectivity index (χ1v) is 13.8. The smallest absolute Gasteiger partial charge is 0.123 e. The Morgan fingerprint density at radius 1 is 0.897 bits per heavy atom. The van der Waals surface area contributed by atoms with Gasteiger partial charge < -0.3 is 19.3 Å². The van der Waals surface area contributed by atoms with Gasteiger partial charge in [-0.15, -0.1) is 0 Å². The summed E-state index contributed by atoms with van der Waals surface area (Å²) in [6.07, 6.45) is 2.51. The molecule has 1 N–H and O–H groups in total. The fourth-order valence-corrected chi connectivity index (χ4v) is 5.66. The van der Waals surface area contributed by atoms with Gasteiger partial charge in [-0.2, -0.15) is 0 Å². The van der Waals surface area contributed by atoms with Crippen molar-refractivity contribution in [1.82, 2.24) is 14.5 Å². The first-order chi connectivity index (χ1) is 19.1. The Bertz CT molecular complexity index is 1540. The van der Waals surface area contributed by atoms with Crippen molar-refractivity contribution in [2.24, 2.45) is 5.92 Å². The minimum absolute atomic E-state index is 0.216. The van der Waals surface area contributed by atoms with E-state index in [0.717, 1.165) is 65.9 Å². The van der Waals surface area contributed by atoms with E-state index in [1.807, 2.05) is 48.5 Å². The molecule has 0 aliphatic carbocycles. The molecule has 0 radical (unpaired) electrons. The molecule has 0 spiro atoms. The molecule has 1 atom stereocenters. The van der Waals surface area contributed by atoms with Crippen molar-refractivity contribution >= 4 is 21.8 Å². The van der Waals surface area contributed by atoms with Crippen molar-refractivity contribution in [1.29, 1.82) is 0 Å². The van der Waals surface area contributed by atoms with Crippen LogP contribution < -0.4 is 4.74 Å². The molecule has 0 saturated carbocycles. The molecule has 5 aromatic rings. The van der Waals surface area contributed by atoms with Crippen molar-refractivity contribution < 1.29 is 14.2 Å². The quantitative estimate of drug-likeness (QED) is 0.255. The van der Waals surface area contributed by atoms with E-state index in [1.54, 1.807) is 0 Å². The Morgan fingerprint density at radius 3 is 2.46 bits per heavy atom. The van der Waals surface area contributed by atoms with Gasteiger partial charge in [-0.05, 0) is 84.6 Å². The third-order valence-corrected chi connectivity index (χ3v) is 7.80. The van der Waals surface area contributed by atoms with Crippen molar-refractivity contribution in [3.8, 4) is 5.75 Å². The van der Waals surface area contributed by atoms with Crippen LogP contribution in [-0.4, -0.2) is 51.9 Å². The predicted molar refractivity (Wildman–Crippen MR) is 154 cm³/mol. The van der Waals surface area contributed by atoms with Crippen LogP contribution in [0, 0.1) is 11.7 Å². The molecular formula is C33H34FN3O2. The number of rotatable bonds is 9. The highest BCUT2D eigenvalue weighted by Gasteiger charge is 2.24. The highest BCUT2D eigenvalue weighted by Crippen LogP contribution is 2.26. The number of hydrogen-bond acceptors (Lipinski definition) is 4. The number of β-amino-alcohol motifs (C(OH)–C–C–N with tert-alkyl or cyclic N) is 1. The SMILES string of the molecule is OC(COc1ccc2ccccc2c1)CN1CCC(Cc2nc3ccccc3n2Cc2ccc(F)cc2)CC1. The Labute approximate surface area is 228 Å². The molecular weight excluding hydrogens is 489 g/mol. The molecule has 39 heavy (non-hydrogen) atoms. The normalized spacial score (nSPS) is 15.6. The molecule has 5 nitrogen and oxygen atoms in total. The number of aromatic nitrogens is 2. The summed E-state index contributed by atoms with van der Waals surface area (Å²) in [6.45, 7) is 3.49. The molecule has 1 aromatic heterocycles. The van der Waals surface area contributed by atoms with Gasteiger partial charge in [0, 0.05) is 19.5 Å². The third kappa shape index (κ3) is 6.13. The molecule has 0 bridgehead atoms. The molecule has 0 amide bonds. The van der Waals surface area contributed by atoms with Crippen LogP contribution in [0.5, 0.6) is 5.75 Å². The number of aliphatic hydroxyl groups excluding tert-OH is 1. The molecule has 1 fully saturated rings. The van der Waals surface area contributed by atoms with Crippen LogP contribution in [0.1, 0.15) is 24.2 Å². The van der Waals surface area contributed by atoms with Gasteiger partial charge in [0.2, 0.25) is 0 Å². The summed E-state index contributed by atoms with van der Waals surface area (Å²) >= 11 is 0. The average molecular weight is 524 g/mol. The highest BCUT2D eigenvalue weighted by atomic mass is 19.1. The van der Waals surface area contributed by atoms with E-state index in [4.69, 9.17) is 9.72 Å². The van der Waals surface area contributed by atoms with E-state index in [-0.39, 0.29) is 12.4 Å². The molecule has 4 aromatic carbocycles. The number of benzene rings is 4. The lowest BCUT2D eigenvalue weighted by Crippen LogP contribution is -2.41. The second-order valence-electron chi connectivity index (χ2n) is 10.7. The van der Waals surface area contributed by atoms with Crippen LogP contribution in [0.3, 0.4) is 0 Å². The minimum Gasteiger partial charge on any atom is -0.491 e. The summed E-state index contributed by atoms with van der Waals surface area (Å²) in [5.74, 6) is 2.19. The summed E-state index contributed by atoms with van der Waals surface area (Å²) < 4.78 is 21.6. The Morgan fingerprint density at radius 2 is 1.64 bits per heavy atom. The fourth-order valence-electron chi connectivity index (χ4n) is 5.66. The summed E-state index contributed by atoms with van der Waals surface area (Å²) in [5.41, 5.74) is 3.18. The predicted octanol–water partition coefficient (Wildman–Crippen LogP) is 6.07. The topological polar surface area (TPSA) is 50.5 Å². The van der Waals surface area contributed by atoms with E-state index in [0.29, 0.717) is 19.0 Å². The van der Waals surface area contributed by atoms with Gasteiger partial charge in [0.15, 0.2) is 0 Å². The van der Waals surface area contributed by atoms with Crippen molar-refractivity contribution in [2.75, 3.05) is 26.2 Å². The molecule has 2 heterocycles. The summed E-state index contributed by atoms with van der Waals surface area (Å²) in [6, 6.07) is 29.2. The number of hydrogen-bond donors (Lipinski definition) is 1. The zero-order valence-corrected chi connectivity index (χ0v) is 22.0. The summed E-state index contributed by atoms with van der Waals surface area (Å²) in [4.78, 5) is 7.32. The standard InChI is InChI=1S/C33H34FN3O2/c34-28-12-9-25(10-13-28)21-37-32-8-4-3-7-31(32)35-33(37)19-24-15-17-36(18-16-24)22-29(38)23-39-30-14-11-26-5-1-2-6-27(26)20-30/h1-14,20,24,29,38H,15-19,21-23H2. The lowest BCUT2D eigenvalue weighted by Gasteiger charge is -2.33. The molecule has 1 saturated heterocycles. The van der Waals surface area contributed by atoms with Crippen LogP contribution in [-0.2, 0) is 13.0 Å². The molecule has 200 valence electrons. The van der Waals surface area contributed by atoms with Gasteiger partial charge in [-0.25, -0.2) is 9.37 Å². The fraction of sp³-hybridized carbons (Fsp3) is 0.303. The molecule has 1 aliphatic rings. The maximum absolute atomic E-state index is 13.4. The van der Waals surface area contributed by atoms with Crippen LogP contribution in [0.2, 0.25) is 0 Å². The lowest BCUT2D eigenvalue weighted by molar-refractivity contribution is 0.0549. The van der Waals surface area contributed by atoms with E-state index in [2.05, 4.69) is 39.8 Å². The van der Waals surface area contributed by atoms with Crippen molar-refractivity contribution in [2.45, 2.75) is 31.9 Å². The lowest BCUT2D eigenvalue weighted by atomic mass is 9.93. The first-order valence-electron chi connectivity index (χ1n) is 13.8.